The normalized spacial score (nSPS) is 20.9. The van der Waals surface area contributed by atoms with Crippen molar-refractivity contribution in [1.82, 2.24) is 15.1 Å². The lowest BCUT2D eigenvalue weighted by Crippen LogP contribution is -2.56. The molecule has 1 aliphatic heterocycles. The second kappa shape index (κ2) is 17.1. The maximum atomic E-state index is 13.8. The van der Waals surface area contributed by atoms with Gasteiger partial charge in [0.1, 0.15) is 0 Å². The molecule has 1 aromatic carbocycles. The van der Waals surface area contributed by atoms with Gasteiger partial charge in [-0.3, -0.25) is 14.4 Å². The van der Waals surface area contributed by atoms with E-state index < -0.39 is 36.3 Å². The summed E-state index contributed by atoms with van der Waals surface area (Å²) >= 11 is 0. The second-order valence-electron chi connectivity index (χ2n) is 12.5. The van der Waals surface area contributed by atoms with Gasteiger partial charge in [-0.1, -0.05) is 71.4 Å². The number of nitrogens with one attached hydrogen (secondary N) is 1. The van der Waals surface area contributed by atoms with Crippen LogP contribution < -0.4 is 11.1 Å². The summed E-state index contributed by atoms with van der Waals surface area (Å²) in [6.45, 7) is 12.1. The van der Waals surface area contributed by atoms with Crippen LogP contribution in [0.25, 0.3) is 0 Å². The molecular weight excluding hydrogens is 548 g/mol. The number of nitrogens with two attached hydrogens (primary N) is 1. The third-order valence-electron chi connectivity index (χ3n) is 9.25. The van der Waals surface area contributed by atoms with Crippen molar-refractivity contribution in [2.75, 3.05) is 27.8 Å². The van der Waals surface area contributed by atoms with Gasteiger partial charge >= 0.3 is 0 Å². The summed E-state index contributed by atoms with van der Waals surface area (Å²) < 4.78 is 11.7. The van der Waals surface area contributed by atoms with Gasteiger partial charge in [-0.25, -0.2) is 0 Å². The minimum Gasteiger partial charge on any atom is -0.386 e. The number of nitrogens with zero attached hydrogens (tertiary/aromatic N) is 2. The van der Waals surface area contributed by atoms with Crippen LogP contribution in [0.1, 0.15) is 78.9 Å². The molecule has 1 aromatic rings. The first-order valence-electron chi connectivity index (χ1n) is 15.7. The molecule has 9 atom stereocenters. The van der Waals surface area contributed by atoms with Crippen LogP contribution in [-0.2, 0) is 23.9 Å². The molecule has 0 radical (unpaired) electrons. The molecule has 3 amide bonds. The molecular formula is C33H56N4O6. The molecule has 0 unspecified atom stereocenters. The molecule has 1 fully saturated rings. The molecule has 10 heteroatoms. The van der Waals surface area contributed by atoms with Gasteiger partial charge in [0.2, 0.25) is 17.7 Å². The summed E-state index contributed by atoms with van der Waals surface area (Å²) in [6.07, 6.45) is 0.474. The molecule has 10 nitrogen and oxygen atoms in total. The van der Waals surface area contributed by atoms with Crippen LogP contribution >= 0.6 is 0 Å². The predicted octanol–water partition coefficient (Wildman–Crippen LogP) is 3.13. The van der Waals surface area contributed by atoms with Crippen molar-refractivity contribution < 1.29 is 29.0 Å². The van der Waals surface area contributed by atoms with Gasteiger partial charge in [0.15, 0.2) is 0 Å². The highest BCUT2D eigenvalue weighted by Crippen LogP contribution is 2.30. The van der Waals surface area contributed by atoms with Crippen molar-refractivity contribution in [2.45, 2.75) is 110 Å². The van der Waals surface area contributed by atoms with Crippen molar-refractivity contribution in [2.24, 2.45) is 23.5 Å². The third kappa shape index (κ3) is 9.23. The Morgan fingerprint density at radius 2 is 1.72 bits per heavy atom. The monoisotopic (exact) mass is 604 g/mol. The Balaban J connectivity index is 2.17. The fourth-order valence-corrected chi connectivity index (χ4v) is 6.20. The van der Waals surface area contributed by atoms with Gasteiger partial charge < -0.3 is 35.4 Å². The number of methoxy groups -OCH3 is 2. The highest BCUT2D eigenvalue weighted by molar-refractivity contribution is 5.83. The first-order chi connectivity index (χ1) is 20.3. The Hall–Kier alpha value is -2.53. The number of amides is 3. The first kappa shape index (κ1) is 36.7. The number of likely N-dealkylation sites (N-methyl/N-ethyl adjacent to an activating group) is 1. The SMILES string of the molecule is CC[C@H](C)[C@@H]([C@@H](CC(=O)N1CCC[C@H]1[C@H](OC)[C@@H](C)C(=O)N[C@H](C)[C@@H](O)c1ccccc1)OC)N(C)C(=O)[C@@H](N)C(C)C. The van der Waals surface area contributed by atoms with Gasteiger partial charge in [0.05, 0.1) is 54.8 Å². The zero-order valence-corrected chi connectivity index (χ0v) is 27.7. The summed E-state index contributed by atoms with van der Waals surface area (Å²) in [4.78, 5) is 43.8. The number of carbonyl (C=O) groups excluding carboxylic acids is 3. The molecule has 0 aliphatic carbocycles. The van der Waals surface area contributed by atoms with Crippen LogP contribution in [0, 0.1) is 17.8 Å². The van der Waals surface area contributed by atoms with Gasteiger partial charge in [0, 0.05) is 27.8 Å². The van der Waals surface area contributed by atoms with Crippen molar-refractivity contribution in [3.05, 3.63) is 35.9 Å². The number of rotatable bonds is 16. The van der Waals surface area contributed by atoms with Gasteiger partial charge in [-0.15, -0.1) is 0 Å². The number of aliphatic hydroxyl groups excluding tert-OH is 1. The van der Waals surface area contributed by atoms with Crippen LogP contribution in [0.5, 0.6) is 0 Å². The number of ether oxygens (including phenoxy) is 2. The molecule has 2 rings (SSSR count). The average molecular weight is 605 g/mol. The zero-order chi connectivity index (χ0) is 32.4. The first-order valence-corrected chi connectivity index (χ1v) is 15.7. The predicted molar refractivity (Wildman–Crippen MR) is 168 cm³/mol. The van der Waals surface area contributed by atoms with Crippen molar-refractivity contribution in [3.8, 4) is 0 Å². The lowest BCUT2D eigenvalue weighted by molar-refractivity contribution is -0.146. The molecule has 0 aromatic heterocycles. The molecule has 244 valence electrons. The number of hydrogen-bond donors (Lipinski definition) is 3. The van der Waals surface area contributed by atoms with E-state index in [1.807, 2.05) is 49.1 Å². The summed E-state index contributed by atoms with van der Waals surface area (Å²) in [5.41, 5.74) is 6.93. The number of benzene rings is 1. The lowest BCUT2D eigenvalue weighted by Gasteiger charge is -2.40. The minimum atomic E-state index is -0.854. The average Bonchev–Trinajstić information content (AvgIpc) is 3.49. The molecule has 1 aliphatic rings. The highest BCUT2D eigenvalue weighted by atomic mass is 16.5. The van der Waals surface area contributed by atoms with Crippen molar-refractivity contribution in [1.29, 1.82) is 0 Å². The van der Waals surface area contributed by atoms with E-state index in [2.05, 4.69) is 19.2 Å². The van der Waals surface area contributed by atoms with Crippen LogP contribution in [0.3, 0.4) is 0 Å². The molecule has 1 saturated heterocycles. The van der Waals surface area contributed by atoms with Crippen LogP contribution in [0.4, 0.5) is 0 Å². The fourth-order valence-electron chi connectivity index (χ4n) is 6.20. The topological polar surface area (TPSA) is 134 Å². The number of carbonyl (C=O) groups is 3. The van der Waals surface area contributed by atoms with Crippen LogP contribution in [0.2, 0.25) is 0 Å². The molecule has 0 bridgehead atoms. The molecule has 0 saturated carbocycles. The maximum absolute atomic E-state index is 13.8. The largest absolute Gasteiger partial charge is 0.386 e. The summed E-state index contributed by atoms with van der Waals surface area (Å²) in [7, 11) is 4.88. The molecule has 43 heavy (non-hydrogen) atoms. The maximum Gasteiger partial charge on any atom is 0.239 e. The second-order valence-corrected chi connectivity index (χ2v) is 12.5. The van der Waals surface area contributed by atoms with E-state index in [-0.39, 0.29) is 48.1 Å². The van der Waals surface area contributed by atoms with E-state index in [9.17, 15) is 19.5 Å². The summed E-state index contributed by atoms with van der Waals surface area (Å²) in [5, 5.41) is 13.7. The van der Waals surface area contributed by atoms with E-state index in [0.29, 0.717) is 13.0 Å². The third-order valence-corrected chi connectivity index (χ3v) is 9.25. The van der Waals surface area contributed by atoms with E-state index >= 15 is 0 Å². The number of aliphatic hydroxyl groups is 1. The lowest BCUT2D eigenvalue weighted by atomic mass is 9.89. The smallest absolute Gasteiger partial charge is 0.239 e. The van der Waals surface area contributed by atoms with Gasteiger partial charge in [0.25, 0.3) is 0 Å². The van der Waals surface area contributed by atoms with Gasteiger partial charge in [-0.2, -0.15) is 0 Å². The van der Waals surface area contributed by atoms with Crippen molar-refractivity contribution >= 4 is 17.7 Å². The Morgan fingerprint density at radius 3 is 2.26 bits per heavy atom. The highest BCUT2D eigenvalue weighted by Gasteiger charge is 2.42. The minimum absolute atomic E-state index is 0.0183. The number of hydrogen-bond acceptors (Lipinski definition) is 7. The standard InChI is InChI=1S/C33H56N4O6/c1-10-21(4)29(36(7)33(41)28(34)20(2)3)26(42-8)19-27(38)37-18-14-17-25(37)31(43-9)22(5)32(40)35-23(6)30(39)24-15-12-11-13-16-24/h11-13,15-16,20-23,25-26,28-31,39H,10,14,17-19,34H2,1-9H3,(H,35,40)/t21-,22+,23+,25-,26+,28-,29-,30+,31+/m0/s1. The van der Waals surface area contributed by atoms with Crippen LogP contribution in [0.15, 0.2) is 30.3 Å². The number of likely N-dealkylation sites (tertiary alicyclic amines) is 1. The van der Waals surface area contributed by atoms with E-state index in [4.69, 9.17) is 15.2 Å². The Morgan fingerprint density at radius 1 is 1.09 bits per heavy atom. The molecule has 1 heterocycles. The summed E-state index contributed by atoms with van der Waals surface area (Å²) in [6, 6.07) is 7.43. The molecule has 4 N–H and O–H groups in total. The van der Waals surface area contributed by atoms with E-state index in [1.165, 1.54) is 0 Å². The zero-order valence-electron chi connectivity index (χ0n) is 27.7. The van der Waals surface area contributed by atoms with E-state index in [0.717, 1.165) is 18.4 Å². The Kier molecular flexibility index (Phi) is 14.6. The van der Waals surface area contributed by atoms with Crippen LogP contribution in [-0.4, -0.2) is 96.8 Å². The Bertz CT molecular complexity index is 1020. The summed E-state index contributed by atoms with van der Waals surface area (Å²) in [5.74, 6) is -1.03. The Labute approximate surface area is 258 Å². The van der Waals surface area contributed by atoms with Crippen molar-refractivity contribution in [3.63, 3.8) is 0 Å². The fraction of sp³-hybridized carbons (Fsp3) is 0.727. The van der Waals surface area contributed by atoms with E-state index in [1.54, 1.807) is 40.0 Å². The molecule has 0 spiro atoms. The quantitative estimate of drug-likeness (QED) is 0.264. The van der Waals surface area contributed by atoms with Gasteiger partial charge in [-0.05, 0) is 37.2 Å².